The van der Waals surface area contributed by atoms with Gasteiger partial charge in [-0.05, 0) is 32.3 Å². The third-order valence-electron chi connectivity index (χ3n) is 4.57. The van der Waals surface area contributed by atoms with Gasteiger partial charge >= 0.3 is 6.03 Å². The molecular formula is C17H24N4O3S. The molecule has 2 N–H and O–H groups in total. The van der Waals surface area contributed by atoms with Gasteiger partial charge in [-0.3, -0.25) is 4.79 Å². The summed E-state index contributed by atoms with van der Waals surface area (Å²) in [6.07, 6.45) is 2.69. The Balaban J connectivity index is 1.55. The number of likely N-dealkylation sites (N-methyl/N-ethyl adjacent to an activating group) is 1. The number of thiophene rings is 1. The normalized spacial score (nSPS) is 17.2. The Morgan fingerprint density at radius 1 is 1.48 bits per heavy atom. The monoisotopic (exact) mass is 364 g/mol. The van der Waals surface area contributed by atoms with Crippen molar-refractivity contribution in [2.24, 2.45) is 0 Å². The molecule has 136 valence electrons. The van der Waals surface area contributed by atoms with E-state index in [0.29, 0.717) is 30.7 Å². The number of rotatable bonds is 5. The zero-order chi connectivity index (χ0) is 18.0. The van der Waals surface area contributed by atoms with Gasteiger partial charge in [-0.1, -0.05) is 0 Å². The number of carbonyl (C=O) groups is 1. The number of aryl methyl sites for hydroxylation is 2. The molecule has 2 aromatic rings. The number of ether oxygens (including phenoxy) is 1. The fourth-order valence-electron chi connectivity index (χ4n) is 3.02. The maximum Gasteiger partial charge on any atom is 0.317 e. The van der Waals surface area contributed by atoms with E-state index in [1.807, 2.05) is 13.8 Å². The second kappa shape index (κ2) is 7.53. The van der Waals surface area contributed by atoms with Crippen LogP contribution in [0.3, 0.4) is 0 Å². The average Bonchev–Trinajstić information content (AvgIpc) is 3.16. The van der Waals surface area contributed by atoms with Crippen molar-refractivity contribution in [2.75, 3.05) is 26.7 Å². The van der Waals surface area contributed by atoms with Crippen LogP contribution in [0.2, 0.25) is 0 Å². The number of hydrogen-bond acceptors (Lipinski definition) is 5. The summed E-state index contributed by atoms with van der Waals surface area (Å²) in [5, 5.41) is 3.53. The Hall–Kier alpha value is -1.93. The Labute approximate surface area is 150 Å². The van der Waals surface area contributed by atoms with Crippen LogP contribution < -0.4 is 10.9 Å². The Kier molecular flexibility index (Phi) is 5.39. The molecule has 0 aliphatic carbocycles. The summed E-state index contributed by atoms with van der Waals surface area (Å²) in [7, 11) is 1.76. The Bertz CT molecular complexity index is 823. The van der Waals surface area contributed by atoms with E-state index < -0.39 is 0 Å². The molecule has 1 fully saturated rings. The fourth-order valence-corrected chi connectivity index (χ4v) is 4.07. The maximum absolute atomic E-state index is 12.2. The third kappa shape index (κ3) is 4.01. The Morgan fingerprint density at radius 3 is 3.00 bits per heavy atom. The molecule has 1 aliphatic heterocycles. The number of fused-ring (bicyclic) bond motifs is 1. The summed E-state index contributed by atoms with van der Waals surface area (Å²) in [6, 6.07) is -0.137. The minimum atomic E-state index is -0.137. The van der Waals surface area contributed by atoms with Crippen molar-refractivity contribution in [1.29, 1.82) is 0 Å². The largest absolute Gasteiger partial charge is 0.376 e. The van der Waals surface area contributed by atoms with Crippen LogP contribution in [0.1, 0.15) is 29.1 Å². The minimum absolute atomic E-state index is 0.108. The molecule has 3 heterocycles. The van der Waals surface area contributed by atoms with Gasteiger partial charge in [0.1, 0.15) is 10.7 Å². The third-order valence-corrected chi connectivity index (χ3v) is 5.68. The molecule has 1 aliphatic rings. The van der Waals surface area contributed by atoms with Crippen molar-refractivity contribution in [2.45, 2.75) is 39.2 Å². The van der Waals surface area contributed by atoms with Crippen molar-refractivity contribution >= 4 is 27.6 Å². The lowest BCUT2D eigenvalue weighted by atomic mass is 10.2. The van der Waals surface area contributed by atoms with E-state index in [2.05, 4.69) is 15.3 Å². The number of carbonyl (C=O) groups excluding carboxylic acids is 1. The van der Waals surface area contributed by atoms with Crippen molar-refractivity contribution in [3.8, 4) is 0 Å². The van der Waals surface area contributed by atoms with Gasteiger partial charge in [0.15, 0.2) is 0 Å². The van der Waals surface area contributed by atoms with Crippen molar-refractivity contribution in [1.82, 2.24) is 20.2 Å². The van der Waals surface area contributed by atoms with Crippen molar-refractivity contribution in [3.63, 3.8) is 0 Å². The van der Waals surface area contributed by atoms with Crippen LogP contribution >= 0.6 is 11.3 Å². The van der Waals surface area contributed by atoms with E-state index in [1.165, 1.54) is 11.3 Å². The molecule has 1 saturated heterocycles. The van der Waals surface area contributed by atoms with E-state index in [-0.39, 0.29) is 17.7 Å². The number of hydrogen-bond donors (Lipinski definition) is 2. The van der Waals surface area contributed by atoms with Gasteiger partial charge < -0.3 is 19.9 Å². The molecule has 1 atom stereocenters. The van der Waals surface area contributed by atoms with Crippen LogP contribution in [-0.4, -0.2) is 53.7 Å². The lowest BCUT2D eigenvalue weighted by Crippen LogP contribution is -2.42. The molecule has 2 amide bonds. The molecule has 2 aromatic heterocycles. The molecule has 25 heavy (non-hydrogen) atoms. The highest BCUT2D eigenvalue weighted by Gasteiger charge is 2.20. The topological polar surface area (TPSA) is 87.3 Å². The van der Waals surface area contributed by atoms with Crippen LogP contribution in [0.5, 0.6) is 0 Å². The lowest BCUT2D eigenvalue weighted by Gasteiger charge is -2.21. The fraction of sp³-hybridized carbons (Fsp3) is 0.588. The molecule has 0 bridgehead atoms. The molecule has 3 rings (SSSR count). The maximum atomic E-state index is 12.2. The average molecular weight is 364 g/mol. The van der Waals surface area contributed by atoms with Gasteiger partial charge in [-0.25, -0.2) is 9.78 Å². The molecule has 1 unspecified atom stereocenters. The second-order valence-corrected chi connectivity index (χ2v) is 7.68. The number of aromatic amines is 1. The van der Waals surface area contributed by atoms with Crippen LogP contribution in [0.4, 0.5) is 4.79 Å². The summed E-state index contributed by atoms with van der Waals surface area (Å²) in [5.41, 5.74) is 0.882. The standard InChI is InChI=1S/C17H24N4O3S/c1-10-11(2)25-16-14(10)15(22)19-13(20-16)6-7-18-17(23)21(3)9-12-5-4-8-24-12/h12H,4-9H2,1-3H3,(H,18,23)(H,19,20,22). The van der Waals surface area contributed by atoms with Crippen LogP contribution in [0.15, 0.2) is 4.79 Å². The number of amides is 2. The number of nitrogens with one attached hydrogen (secondary N) is 2. The van der Waals surface area contributed by atoms with E-state index >= 15 is 0 Å². The van der Waals surface area contributed by atoms with E-state index in [4.69, 9.17) is 4.74 Å². The SMILES string of the molecule is Cc1sc2nc(CCNC(=O)N(C)CC3CCCO3)[nH]c(=O)c2c1C. The second-order valence-electron chi connectivity index (χ2n) is 6.47. The predicted octanol–water partition coefficient (Wildman–Crippen LogP) is 1.96. The zero-order valence-corrected chi connectivity index (χ0v) is 15.7. The first-order chi connectivity index (χ1) is 12.0. The smallest absolute Gasteiger partial charge is 0.317 e. The highest BCUT2D eigenvalue weighted by atomic mass is 32.1. The van der Waals surface area contributed by atoms with Gasteiger partial charge in [0.25, 0.3) is 5.56 Å². The molecule has 8 heteroatoms. The highest BCUT2D eigenvalue weighted by Crippen LogP contribution is 2.25. The molecule has 0 spiro atoms. The van der Waals surface area contributed by atoms with Crippen molar-refractivity contribution < 1.29 is 9.53 Å². The number of H-pyrrole nitrogens is 1. The van der Waals surface area contributed by atoms with E-state index in [1.54, 1.807) is 11.9 Å². The summed E-state index contributed by atoms with van der Waals surface area (Å²) in [6.45, 7) is 5.73. The van der Waals surface area contributed by atoms with Crippen LogP contribution in [0.25, 0.3) is 10.2 Å². The van der Waals surface area contributed by atoms with Gasteiger partial charge in [-0.15, -0.1) is 11.3 Å². The van der Waals surface area contributed by atoms with E-state index in [0.717, 1.165) is 34.7 Å². The van der Waals surface area contributed by atoms with E-state index in [9.17, 15) is 9.59 Å². The first-order valence-electron chi connectivity index (χ1n) is 8.55. The Morgan fingerprint density at radius 2 is 2.28 bits per heavy atom. The highest BCUT2D eigenvalue weighted by molar-refractivity contribution is 7.18. The molecule has 0 radical (unpaired) electrons. The zero-order valence-electron chi connectivity index (χ0n) is 14.8. The van der Waals surface area contributed by atoms with Crippen LogP contribution in [-0.2, 0) is 11.2 Å². The molecule has 0 saturated carbocycles. The number of nitrogens with zero attached hydrogens (tertiary/aromatic N) is 2. The van der Waals surface area contributed by atoms with Crippen LogP contribution in [0, 0.1) is 13.8 Å². The number of urea groups is 1. The van der Waals surface area contributed by atoms with Gasteiger partial charge in [-0.2, -0.15) is 0 Å². The lowest BCUT2D eigenvalue weighted by molar-refractivity contribution is 0.0875. The predicted molar refractivity (Wildman–Crippen MR) is 98.4 cm³/mol. The van der Waals surface area contributed by atoms with Gasteiger partial charge in [0, 0.05) is 38.0 Å². The minimum Gasteiger partial charge on any atom is -0.376 e. The number of aromatic nitrogens is 2. The first-order valence-corrected chi connectivity index (χ1v) is 9.37. The first kappa shape index (κ1) is 17.9. The molecule has 0 aromatic carbocycles. The van der Waals surface area contributed by atoms with Gasteiger partial charge in [0.2, 0.25) is 0 Å². The van der Waals surface area contributed by atoms with Gasteiger partial charge in [0.05, 0.1) is 11.5 Å². The molecular weight excluding hydrogens is 340 g/mol. The summed E-state index contributed by atoms with van der Waals surface area (Å²) < 4.78 is 5.54. The summed E-state index contributed by atoms with van der Waals surface area (Å²) in [5.74, 6) is 0.598. The summed E-state index contributed by atoms with van der Waals surface area (Å²) in [4.78, 5) is 35.2. The quantitative estimate of drug-likeness (QED) is 0.849. The van der Waals surface area contributed by atoms with Crippen molar-refractivity contribution in [3.05, 3.63) is 26.6 Å². The molecule has 7 nitrogen and oxygen atoms in total. The summed E-state index contributed by atoms with van der Waals surface area (Å²) >= 11 is 1.53.